The average molecular weight is 245 g/mol. The van der Waals surface area contributed by atoms with Gasteiger partial charge in [-0.2, -0.15) is 5.26 Å². The number of hydrogen-bond acceptors (Lipinski definition) is 3. The van der Waals surface area contributed by atoms with Crippen molar-refractivity contribution in [3.63, 3.8) is 0 Å². The highest BCUT2D eigenvalue weighted by atomic mass is 31.2. The molecule has 4 N–H and O–H groups in total. The van der Waals surface area contributed by atoms with Crippen molar-refractivity contribution < 1.29 is 28.7 Å². The molecule has 0 saturated heterocycles. The molecule has 84 valence electrons. The molecule has 0 rings (SSSR count). The normalized spacial score (nSPS) is 12.6. The summed E-state index contributed by atoms with van der Waals surface area (Å²) in [6, 6.07) is 1.89. The monoisotopic (exact) mass is 245 g/mol. The van der Waals surface area contributed by atoms with Gasteiger partial charge in [0, 0.05) is 5.92 Å². The van der Waals surface area contributed by atoms with Gasteiger partial charge in [0.15, 0.2) is 0 Å². The topological polar surface area (TPSA) is 139 Å². The summed E-state index contributed by atoms with van der Waals surface area (Å²) in [6.45, 7) is 1.63. The van der Waals surface area contributed by atoms with Crippen LogP contribution in [-0.4, -0.2) is 25.7 Å². The number of nitriles is 1. The van der Waals surface area contributed by atoms with Gasteiger partial charge < -0.3 is 19.6 Å². The van der Waals surface area contributed by atoms with Crippen molar-refractivity contribution in [3.8, 4) is 6.07 Å². The van der Waals surface area contributed by atoms with E-state index >= 15 is 0 Å². The third kappa shape index (κ3) is 22.6. The zero-order valence-corrected chi connectivity index (χ0v) is 9.39. The Labute approximate surface area is 82.1 Å². The molecular formula is C5H13NO6P2. The molecule has 0 aromatic rings. The first-order chi connectivity index (χ1) is 6.19. The van der Waals surface area contributed by atoms with Crippen molar-refractivity contribution in [2.75, 3.05) is 6.16 Å². The summed E-state index contributed by atoms with van der Waals surface area (Å²) in [6.07, 6.45) is 0.0719. The van der Waals surface area contributed by atoms with Gasteiger partial charge in [-0.15, -0.1) is 0 Å². The maximum absolute atomic E-state index is 10.2. The van der Waals surface area contributed by atoms with Crippen LogP contribution in [0.25, 0.3) is 0 Å². The molecular weight excluding hydrogens is 232 g/mol. The molecule has 0 aliphatic carbocycles. The van der Waals surface area contributed by atoms with Crippen molar-refractivity contribution in [2.45, 2.75) is 13.3 Å². The van der Waals surface area contributed by atoms with Crippen molar-refractivity contribution in [1.82, 2.24) is 0 Å². The molecule has 14 heavy (non-hydrogen) atoms. The fraction of sp³-hybridized carbons (Fsp3) is 0.800. The van der Waals surface area contributed by atoms with Crippen LogP contribution in [-0.2, 0) is 9.13 Å². The second kappa shape index (κ2) is 8.13. The number of hydrogen-bond donors (Lipinski definition) is 4. The predicted octanol–water partition coefficient (Wildman–Crippen LogP) is 0.0746. The largest absolute Gasteiger partial charge is 0.326 e. The molecule has 0 saturated carbocycles. The highest BCUT2D eigenvalue weighted by molar-refractivity contribution is 7.51. The minimum Gasteiger partial charge on any atom is -0.326 e. The third-order valence-electron chi connectivity index (χ3n) is 1.07. The number of nitrogens with zero attached hydrogens (tertiary/aromatic N) is 1. The van der Waals surface area contributed by atoms with Crippen LogP contribution in [0.5, 0.6) is 0 Å². The third-order valence-corrected chi connectivity index (χ3v) is 1.91. The first-order valence-electron chi connectivity index (χ1n) is 3.55. The van der Waals surface area contributed by atoms with E-state index in [1.807, 2.05) is 6.07 Å². The zero-order chi connectivity index (χ0) is 11.8. The smallest absolute Gasteiger partial charge is 0.325 e. The Kier molecular flexibility index (Phi) is 9.42. The Balaban J connectivity index is 0. The van der Waals surface area contributed by atoms with E-state index in [4.69, 9.17) is 29.4 Å². The lowest BCUT2D eigenvalue weighted by atomic mass is 10.1. The molecule has 1 atom stereocenters. The van der Waals surface area contributed by atoms with Gasteiger partial charge in [-0.25, -0.2) is 0 Å². The van der Waals surface area contributed by atoms with Gasteiger partial charge in [0.05, 0.1) is 12.2 Å². The summed E-state index contributed by atoms with van der Waals surface area (Å²) in [4.78, 5) is 31.0. The van der Waals surface area contributed by atoms with Crippen LogP contribution in [0, 0.1) is 17.2 Å². The van der Waals surface area contributed by atoms with Crippen LogP contribution < -0.4 is 0 Å². The summed E-state index contributed by atoms with van der Waals surface area (Å²) < 4.78 is 19.0. The Bertz CT molecular complexity index is 251. The van der Waals surface area contributed by atoms with Crippen molar-refractivity contribution in [3.05, 3.63) is 0 Å². The van der Waals surface area contributed by atoms with Gasteiger partial charge in [0.25, 0.3) is 0 Å². The first kappa shape index (κ1) is 16.2. The lowest BCUT2D eigenvalue weighted by Gasteiger charge is -2.03. The molecule has 0 aromatic heterocycles. The Morgan fingerprint density at radius 1 is 1.50 bits per heavy atom. The van der Waals surface area contributed by atoms with Gasteiger partial charge in [0.2, 0.25) is 0 Å². The highest BCUT2D eigenvalue weighted by Gasteiger charge is 2.13. The highest BCUT2D eigenvalue weighted by Crippen LogP contribution is 2.35. The Morgan fingerprint density at radius 3 is 2.07 bits per heavy atom. The lowest BCUT2D eigenvalue weighted by Crippen LogP contribution is -1.95. The van der Waals surface area contributed by atoms with Crippen LogP contribution in [0.4, 0.5) is 0 Å². The summed E-state index contributed by atoms with van der Waals surface area (Å²) in [5.74, 6) is -0.271. The molecule has 7 nitrogen and oxygen atoms in total. The van der Waals surface area contributed by atoms with Crippen molar-refractivity contribution >= 4 is 15.9 Å². The standard InChI is InChI=1S/C5H10NO3P.H3O3P/c1-5(4-6)2-3-10(7,8)9;1-4(2)3/h5H,2-3H2,1H3,(H2,7,8,9);4H,(H2,1,2,3). The molecule has 0 aromatic carbocycles. The molecule has 0 aliphatic heterocycles. The van der Waals surface area contributed by atoms with E-state index in [9.17, 15) is 4.57 Å². The van der Waals surface area contributed by atoms with E-state index in [0.29, 0.717) is 0 Å². The second-order valence-corrected chi connectivity index (χ2v) is 4.83. The van der Waals surface area contributed by atoms with E-state index in [-0.39, 0.29) is 18.5 Å². The predicted molar refractivity (Wildman–Crippen MR) is 49.7 cm³/mol. The second-order valence-electron chi connectivity index (χ2n) is 2.49. The fourth-order valence-corrected chi connectivity index (χ4v) is 1.15. The minimum absolute atomic E-state index is 0.193. The van der Waals surface area contributed by atoms with Crippen LogP contribution >= 0.6 is 15.9 Å². The molecule has 0 amide bonds. The average Bonchev–Trinajstić information content (AvgIpc) is 1.97. The molecule has 0 heterocycles. The van der Waals surface area contributed by atoms with Gasteiger partial charge >= 0.3 is 15.9 Å². The molecule has 1 unspecified atom stereocenters. The van der Waals surface area contributed by atoms with E-state index in [2.05, 4.69) is 0 Å². The van der Waals surface area contributed by atoms with Gasteiger partial charge in [-0.3, -0.25) is 9.13 Å². The Morgan fingerprint density at radius 2 is 1.86 bits per heavy atom. The summed E-state index contributed by atoms with van der Waals surface area (Å²) in [5.41, 5.74) is 0. The minimum atomic E-state index is -3.88. The van der Waals surface area contributed by atoms with E-state index in [1.165, 1.54) is 0 Å². The van der Waals surface area contributed by atoms with Crippen LogP contribution in [0.2, 0.25) is 0 Å². The molecule has 0 bridgehead atoms. The summed E-state index contributed by atoms with van der Waals surface area (Å²) >= 11 is 0. The maximum Gasteiger partial charge on any atom is 0.325 e. The molecule has 0 spiro atoms. The number of rotatable bonds is 3. The maximum atomic E-state index is 10.2. The van der Waals surface area contributed by atoms with E-state index in [1.54, 1.807) is 6.92 Å². The molecule has 0 aliphatic rings. The van der Waals surface area contributed by atoms with Crippen LogP contribution in [0.15, 0.2) is 0 Å². The summed E-state index contributed by atoms with van der Waals surface area (Å²) in [7, 11) is -7.01. The zero-order valence-electron chi connectivity index (χ0n) is 7.49. The van der Waals surface area contributed by atoms with E-state index in [0.717, 1.165) is 0 Å². The lowest BCUT2D eigenvalue weighted by molar-refractivity contribution is 0.369. The Hall–Kier alpha value is -0.210. The molecule has 9 heteroatoms. The quantitative estimate of drug-likeness (QED) is 0.516. The summed E-state index contributed by atoms with van der Waals surface area (Å²) in [5, 5.41) is 8.23. The van der Waals surface area contributed by atoms with Crippen LogP contribution in [0.3, 0.4) is 0 Å². The van der Waals surface area contributed by atoms with Gasteiger partial charge in [-0.05, 0) is 13.3 Å². The first-order valence-corrected chi connectivity index (χ1v) is 6.65. The molecule has 0 fully saturated rings. The molecule has 0 radical (unpaired) electrons. The van der Waals surface area contributed by atoms with Gasteiger partial charge in [-0.1, -0.05) is 0 Å². The van der Waals surface area contributed by atoms with Gasteiger partial charge in [0.1, 0.15) is 0 Å². The fourth-order valence-electron chi connectivity index (χ4n) is 0.426. The van der Waals surface area contributed by atoms with Crippen LogP contribution in [0.1, 0.15) is 13.3 Å². The van der Waals surface area contributed by atoms with E-state index < -0.39 is 15.9 Å². The van der Waals surface area contributed by atoms with Crippen molar-refractivity contribution in [1.29, 1.82) is 5.26 Å². The SMILES string of the molecule is CC(C#N)CCP(=O)(O)O.O=[PH](O)O. The van der Waals surface area contributed by atoms with Crippen molar-refractivity contribution in [2.24, 2.45) is 5.92 Å².